The number of fused-ring (bicyclic) bond motifs is 3. The molecule has 0 aliphatic rings. The highest BCUT2D eigenvalue weighted by molar-refractivity contribution is 8.04. The Labute approximate surface area is 132 Å². The number of nitrogens with one attached hydrogen (secondary N) is 1. The van der Waals surface area contributed by atoms with Crippen LogP contribution in [0.3, 0.4) is 0 Å². The Morgan fingerprint density at radius 2 is 2.00 bits per heavy atom. The first-order chi connectivity index (χ1) is 10.7. The van der Waals surface area contributed by atoms with Gasteiger partial charge in [0, 0.05) is 34.0 Å². The van der Waals surface area contributed by atoms with Gasteiger partial charge >= 0.3 is 0 Å². The van der Waals surface area contributed by atoms with Gasteiger partial charge in [-0.05, 0) is 43.0 Å². The van der Waals surface area contributed by atoms with Crippen LogP contribution in [-0.2, 0) is 11.3 Å². The molecule has 1 heterocycles. The number of aryl methyl sites for hydroxylation is 1. The second-order valence-electron chi connectivity index (χ2n) is 4.92. The van der Waals surface area contributed by atoms with Gasteiger partial charge in [-0.2, -0.15) is 5.26 Å². The number of benzene rings is 2. The molecule has 0 aliphatic carbocycles. The fourth-order valence-corrected chi connectivity index (χ4v) is 3.03. The van der Waals surface area contributed by atoms with Crippen molar-refractivity contribution < 1.29 is 4.79 Å². The van der Waals surface area contributed by atoms with Crippen LogP contribution >= 0.6 is 11.8 Å². The van der Waals surface area contributed by atoms with Crippen molar-refractivity contribution in [3.05, 3.63) is 42.5 Å². The van der Waals surface area contributed by atoms with Crippen molar-refractivity contribution in [3.8, 4) is 5.40 Å². The quantitative estimate of drug-likeness (QED) is 0.742. The average molecular weight is 309 g/mol. The van der Waals surface area contributed by atoms with Crippen molar-refractivity contribution in [2.24, 2.45) is 0 Å². The van der Waals surface area contributed by atoms with Gasteiger partial charge in [-0.15, -0.1) is 0 Å². The Hall–Kier alpha value is -2.45. The number of nitriles is 1. The molecule has 0 fully saturated rings. The van der Waals surface area contributed by atoms with Crippen LogP contribution in [0.25, 0.3) is 21.8 Å². The number of thioether (sulfide) groups is 1. The summed E-state index contributed by atoms with van der Waals surface area (Å²) in [6.45, 7) is 3.02. The third-order valence-corrected chi connectivity index (χ3v) is 4.18. The minimum Gasteiger partial charge on any atom is -0.341 e. The first-order valence-corrected chi connectivity index (χ1v) is 8.05. The van der Waals surface area contributed by atoms with Gasteiger partial charge in [-0.1, -0.05) is 18.2 Å². The largest absolute Gasteiger partial charge is 0.341 e. The molecule has 3 aromatic rings. The van der Waals surface area contributed by atoms with Crippen molar-refractivity contribution in [2.75, 3.05) is 11.1 Å². The number of amides is 1. The first-order valence-electron chi connectivity index (χ1n) is 7.06. The van der Waals surface area contributed by atoms with E-state index in [1.165, 1.54) is 10.9 Å². The molecule has 22 heavy (non-hydrogen) atoms. The monoisotopic (exact) mass is 309 g/mol. The molecule has 0 bridgehead atoms. The average Bonchev–Trinajstić information content (AvgIpc) is 2.86. The molecule has 1 amide bonds. The zero-order valence-electron chi connectivity index (χ0n) is 12.2. The van der Waals surface area contributed by atoms with Gasteiger partial charge in [0.1, 0.15) is 5.40 Å². The molecule has 3 rings (SSSR count). The van der Waals surface area contributed by atoms with E-state index in [0.29, 0.717) is 0 Å². The van der Waals surface area contributed by atoms with Crippen LogP contribution < -0.4 is 5.32 Å². The van der Waals surface area contributed by atoms with Crippen molar-refractivity contribution >= 4 is 45.2 Å². The van der Waals surface area contributed by atoms with E-state index in [1.807, 2.05) is 35.7 Å². The normalized spacial score (nSPS) is 10.7. The minimum atomic E-state index is -0.162. The molecule has 110 valence electrons. The highest BCUT2D eigenvalue weighted by Crippen LogP contribution is 2.30. The summed E-state index contributed by atoms with van der Waals surface area (Å²) in [5.74, 6) is -0.0178. The molecule has 0 unspecified atom stereocenters. The Morgan fingerprint density at radius 1 is 1.23 bits per heavy atom. The van der Waals surface area contributed by atoms with Gasteiger partial charge < -0.3 is 9.88 Å². The lowest BCUT2D eigenvalue weighted by atomic mass is 10.1. The summed E-state index contributed by atoms with van der Waals surface area (Å²) in [6, 6.07) is 14.2. The molecule has 5 heteroatoms. The first kappa shape index (κ1) is 14.5. The van der Waals surface area contributed by atoms with E-state index in [9.17, 15) is 4.79 Å². The minimum absolute atomic E-state index is 0.144. The number of aromatic nitrogens is 1. The van der Waals surface area contributed by atoms with Gasteiger partial charge in [0.05, 0.1) is 5.75 Å². The van der Waals surface area contributed by atoms with E-state index in [0.717, 1.165) is 34.9 Å². The maximum atomic E-state index is 11.7. The van der Waals surface area contributed by atoms with Gasteiger partial charge in [0.25, 0.3) is 0 Å². The topological polar surface area (TPSA) is 57.8 Å². The number of rotatable bonds is 4. The second-order valence-corrected chi connectivity index (χ2v) is 5.68. The number of carbonyl (C=O) groups is 1. The molecule has 1 aromatic heterocycles. The lowest BCUT2D eigenvalue weighted by molar-refractivity contribution is -0.113. The zero-order valence-corrected chi connectivity index (χ0v) is 13.0. The van der Waals surface area contributed by atoms with Crippen molar-refractivity contribution in [1.82, 2.24) is 4.57 Å². The lowest BCUT2D eigenvalue weighted by Crippen LogP contribution is -2.13. The van der Waals surface area contributed by atoms with Crippen LogP contribution in [-0.4, -0.2) is 16.2 Å². The molecule has 0 saturated carbocycles. The van der Waals surface area contributed by atoms with Crippen LogP contribution in [0.15, 0.2) is 42.5 Å². The number of hydrogen-bond acceptors (Lipinski definition) is 3. The summed E-state index contributed by atoms with van der Waals surface area (Å²) >= 11 is 0.939. The predicted molar refractivity (Wildman–Crippen MR) is 91.8 cm³/mol. The van der Waals surface area contributed by atoms with Crippen LogP contribution in [0, 0.1) is 10.7 Å². The van der Waals surface area contributed by atoms with Crippen LogP contribution in [0.5, 0.6) is 0 Å². The summed E-state index contributed by atoms with van der Waals surface area (Å²) < 4.78 is 2.27. The second kappa shape index (κ2) is 6.12. The van der Waals surface area contributed by atoms with Crippen LogP contribution in [0.1, 0.15) is 6.92 Å². The molecule has 4 nitrogen and oxygen atoms in total. The molecule has 0 atom stereocenters. The van der Waals surface area contributed by atoms with Gasteiger partial charge in [0.15, 0.2) is 0 Å². The molecule has 0 radical (unpaired) electrons. The fraction of sp³-hybridized carbons (Fsp3) is 0.176. The third-order valence-electron chi connectivity index (χ3n) is 3.64. The molecule has 1 N–H and O–H groups in total. The van der Waals surface area contributed by atoms with Gasteiger partial charge in [-0.25, -0.2) is 0 Å². The SMILES string of the molecule is CCn1c2ccccc2c2cc(NC(=O)CSC#N)ccc21. The summed E-state index contributed by atoms with van der Waals surface area (Å²) in [7, 11) is 0. The summed E-state index contributed by atoms with van der Waals surface area (Å²) in [5.41, 5.74) is 3.12. The number of thiocyanates is 1. The predicted octanol–water partition coefficient (Wildman–Crippen LogP) is 3.97. The molecular formula is C17H15N3OS. The summed E-state index contributed by atoms with van der Waals surface area (Å²) in [4.78, 5) is 11.7. The van der Waals surface area contributed by atoms with Crippen LogP contribution in [0.2, 0.25) is 0 Å². The van der Waals surface area contributed by atoms with E-state index < -0.39 is 0 Å². The fourth-order valence-electron chi connectivity index (χ4n) is 2.77. The van der Waals surface area contributed by atoms with E-state index in [4.69, 9.17) is 5.26 Å². The standard InChI is InChI=1S/C17H15N3OS/c1-2-20-15-6-4-3-5-13(15)14-9-12(7-8-16(14)20)19-17(21)10-22-11-18/h3-9H,2,10H2,1H3,(H,19,21). The van der Waals surface area contributed by atoms with Crippen molar-refractivity contribution in [3.63, 3.8) is 0 Å². The zero-order chi connectivity index (χ0) is 15.5. The molecular weight excluding hydrogens is 294 g/mol. The maximum Gasteiger partial charge on any atom is 0.235 e. The highest BCUT2D eigenvalue weighted by atomic mass is 32.2. The number of carbonyl (C=O) groups excluding carboxylic acids is 1. The van der Waals surface area contributed by atoms with Crippen molar-refractivity contribution in [2.45, 2.75) is 13.5 Å². The highest BCUT2D eigenvalue weighted by Gasteiger charge is 2.10. The summed E-state index contributed by atoms with van der Waals surface area (Å²) in [6.07, 6.45) is 0. The molecule has 0 saturated heterocycles. The summed E-state index contributed by atoms with van der Waals surface area (Å²) in [5, 5.41) is 15.6. The maximum absolute atomic E-state index is 11.7. The Balaban J connectivity index is 2.05. The number of nitrogens with zero attached hydrogens (tertiary/aromatic N) is 2. The molecule has 2 aromatic carbocycles. The van der Waals surface area contributed by atoms with Gasteiger partial charge in [0.2, 0.25) is 5.91 Å². The molecule has 0 spiro atoms. The van der Waals surface area contributed by atoms with E-state index in [2.05, 4.69) is 28.9 Å². The number of anilines is 1. The Morgan fingerprint density at radius 3 is 2.77 bits per heavy atom. The van der Waals surface area contributed by atoms with Crippen LogP contribution in [0.4, 0.5) is 5.69 Å². The Bertz CT molecular complexity index is 892. The van der Waals surface area contributed by atoms with E-state index in [1.54, 1.807) is 0 Å². The van der Waals surface area contributed by atoms with E-state index in [-0.39, 0.29) is 11.7 Å². The smallest absolute Gasteiger partial charge is 0.235 e. The van der Waals surface area contributed by atoms with E-state index >= 15 is 0 Å². The Kier molecular flexibility index (Phi) is 4.03. The molecule has 0 aliphatic heterocycles. The van der Waals surface area contributed by atoms with Crippen molar-refractivity contribution in [1.29, 1.82) is 5.26 Å². The lowest BCUT2D eigenvalue weighted by Gasteiger charge is -2.05. The van der Waals surface area contributed by atoms with Gasteiger partial charge in [-0.3, -0.25) is 4.79 Å². The number of hydrogen-bond donors (Lipinski definition) is 1. The third kappa shape index (κ3) is 2.53. The number of para-hydroxylation sites is 1.